The fraction of sp³-hybridized carbons (Fsp3) is 0.455. The van der Waals surface area contributed by atoms with E-state index in [1.54, 1.807) is 6.20 Å². The molecule has 19 heavy (non-hydrogen) atoms. The van der Waals surface area contributed by atoms with Gasteiger partial charge in [-0.2, -0.15) is 20.3 Å². The smallest absolute Gasteiger partial charge is 0.224 e. The molecule has 1 saturated heterocycles. The molecular weight excluding hydrogens is 246 g/mol. The predicted molar refractivity (Wildman–Crippen MR) is 68.0 cm³/mol. The van der Waals surface area contributed by atoms with E-state index in [0.29, 0.717) is 31.0 Å². The summed E-state index contributed by atoms with van der Waals surface area (Å²) in [6, 6.07) is 2.12. The molecule has 1 aliphatic heterocycles. The molecule has 1 fully saturated rings. The lowest BCUT2D eigenvalue weighted by Gasteiger charge is -2.33. The number of fused-ring (bicyclic) bond motifs is 1. The van der Waals surface area contributed by atoms with Crippen molar-refractivity contribution in [3.05, 3.63) is 6.20 Å². The molecule has 0 saturated carbocycles. The van der Waals surface area contributed by atoms with Crippen LogP contribution in [0.5, 0.6) is 0 Å². The molecule has 3 rings (SSSR count). The van der Waals surface area contributed by atoms with Gasteiger partial charge in [-0.05, 0) is 6.42 Å². The van der Waals surface area contributed by atoms with Crippen LogP contribution in [0.1, 0.15) is 6.42 Å². The SMILES string of the molecule is N#CC1CN(c2nc(N)nc3[nH]ncc23)CCC1O. The highest BCUT2D eigenvalue weighted by Crippen LogP contribution is 2.27. The van der Waals surface area contributed by atoms with Crippen molar-refractivity contribution in [1.29, 1.82) is 5.26 Å². The van der Waals surface area contributed by atoms with Crippen molar-refractivity contribution in [2.24, 2.45) is 5.92 Å². The number of nitriles is 1. The van der Waals surface area contributed by atoms with Crippen molar-refractivity contribution >= 4 is 22.8 Å². The Kier molecular flexibility index (Phi) is 2.68. The van der Waals surface area contributed by atoms with Crippen LogP contribution in [0.4, 0.5) is 11.8 Å². The van der Waals surface area contributed by atoms with Crippen LogP contribution in [0.2, 0.25) is 0 Å². The molecule has 3 heterocycles. The molecule has 98 valence electrons. The summed E-state index contributed by atoms with van der Waals surface area (Å²) in [5.74, 6) is 0.390. The van der Waals surface area contributed by atoms with Gasteiger partial charge in [0.1, 0.15) is 5.82 Å². The largest absolute Gasteiger partial charge is 0.392 e. The second kappa shape index (κ2) is 4.37. The van der Waals surface area contributed by atoms with E-state index in [1.807, 2.05) is 4.90 Å². The number of nitrogens with two attached hydrogens (primary N) is 1. The Labute approximate surface area is 108 Å². The minimum absolute atomic E-state index is 0.159. The molecule has 1 aliphatic rings. The summed E-state index contributed by atoms with van der Waals surface area (Å²) in [7, 11) is 0. The van der Waals surface area contributed by atoms with Gasteiger partial charge in [0.05, 0.1) is 29.7 Å². The Morgan fingerprint density at radius 1 is 1.53 bits per heavy atom. The van der Waals surface area contributed by atoms with E-state index in [2.05, 4.69) is 26.2 Å². The number of anilines is 2. The van der Waals surface area contributed by atoms with Crippen LogP contribution in [-0.4, -0.2) is 44.5 Å². The Morgan fingerprint density at radius 2 is 2.37 bits per heavy atom. The van der Waals surface area contributed by atoms with Crippen molar-refractivity contribution < 1.29 is 5.11 Å². The van der Waals surface area contributed by atoms with Gasteiger partial charge in [-0.1, -0.05) is 0 Å². The minimum Gasteiger partial charge on any atom is -0.392 e. The van der Waals surface area contributed by atoms with Crippen LogP contribution in [0.25, 0.3) is 11.0 Å². The Bertz CT molecular complexity index is 646. The zero-order valence-electron chi connectivity index (χ0n) is 10.1. The highest BCUT2D eigenvalue weighted by atomic mass is 16.3. The maximum Gasteiger partial charge on any atom is 0.224 e. The Morgan fingerprint density at radius 3 is 3.16 bits per heavy atom. The first-order chi connectivity index (χ1) is 9.19. The molecule has 0 aromatic carbocycles. The van der Waals surface area contributed by atoms with Crippen molar-refractivity contribution in [3.8, 4) is 6.07 Å². The van der Waals surface area contributed by atoms with Crippen molar-refractivity contribution in [1.82, 2.24) is 20.2 Å². The van der Waals surface area contributed by atoms with Gasteiger partial charge in [0.25, 0.3) is 0 Å². The molecule has 2 aromatic heterocycles. The number of aliphatic hydroxyl groups is 1. The molecule has 0 bridgehead atoms. The van der Waals surface area contributed by atoms with Gasteiger partial charge < -0.3 is 15.7 Å². The number of nitrogens with zero attached hydrogens (tertiary/aromatic N) is 5. The Hall–Kier alpha value is -2.40. The van der Waals surface area contributed by atoms with Crippen LogP contribution < -0.4 is 10.6 Å². The standard InChI is InChI=1S/C11H13N7O/c12-3-6-5-18(2-1-8(6)19)10-7-4-14-17-9(7)15-11(13)16-10/h4,6,8,19H,1-2,5H2,(H3,13,14,15,16,17). The molecule has 0 aliphatic carbocycles. The summed E-state index contributed by atoms with van der Waals surface area (Å²) >= 11 is 0. The third-order valence-electron chi connectivity index (χ3n) is 3.35. The molecule has 8 heteroatoms. The average Bonchev–Trinajstić information content (AvgIpc) is 2.86. The van der Waals surface area contributed by atoms with E-state index < -0.39 is 12.0 Å². The molecule has 0 radical (unpaired) electrons. The van der Waals surface area contributed by atoms with E-state index in [0.717, 1.165) is 5.39 Å². The summed E-state index contributed by atoms with van der Waals surface area (Å²) < 4.78 is 0. The monoisotopic (exact) mass is 259 g/mol. The van der Waals surface area contributed by atoms with Crippen molar-refractivity contribution in [3.63, 3.8) is 0 Å². The molecule has 2 atom stereocenters. The zero-order chi connectivity index (χ0) is 13.4. The number of aliphatic hydroxyl groups excluding tert-OH is 1. The lowest BCUT2D eigenvalue weighted by Crippen LogP contribution is -2.43. The van der Waals surface area contributed by atoms with Gasteiger partial charge in [0.2, 0.25) is 5.95 Å². The fourth-order valence-corrected chi connectivity index (χ4v) is 2.34. The van der Waals surface area contributed by atoms with Crippen molar-refractivity contribution in [2.45, 2.75) is 12.5 Å². The predicted octanol–water partition coefficient (Wildman–Crippen LogP) is -0.354. The van der Waals surface area contributed by atoms with E-state index >= 15 is 0 Å². The zero-order valence-corrected chi connectivity index (χ0v) is 10.1. The van der Waals surface area contributed by atoms with Gasteiger partial charge in [-0.3, -0.25) is 5.10 Å². The maximum atomic E-state index is 9.74. The van der Waals surface area contributed by atoms with Crippen LogP contribution in [0.3, 0.4) is 0 Å². The van der Waals surface area contributed by atoms with Crippen LogP contribution >= 0.6 is 0 Å². The number of hydrogen-bond donors (Lipinski definition) is 3. The van der Waals surface area contributed by atoms with Gasteiger partial charge in [0, 0.05) is 13.1 Å². The number of H-pyrrole nitrogens is 1. The summed E-state index contributed by atoms with van der Waals surface area (Å²) in [6.07, 6.45) is 1.58. The summed E-state index contributed by atoms with van der Waals surface area (Å²) in [4.78, 5) is 10.2. The highest BCUT2D eigenvalue weighted by molar-refractivity contribution is 5.87. The Balaban J connectivity index is 2.00. The number of aromatic nitrogens is 4. The lowest BCUT2D eigenvalue weighted by molar-refractivity contribution is 0.113. The average molecular weight is 259 g/mol. The summed E-state index contributed by atoms with van der Waals surface area (Å²) in [5, 5.41) is 26.2. The van der Waals surface area contributed by atoms with Crippen LogP contribution in [0.15, 0.2) is 6.20 Å². The van der Waals surface area contributed by atoms with Gasteiger partial charge >= 0.3 is 0 Å². The van der Waals surface area contributed by atoms with E-state index in [4.69, 9.17) is 11.0 Å². The minimum atomic E-state index is -0.583. The normalized spacial score (nSPS) is 23.5. The molecular formula is C11H13N7O. The third kappa shape index (κ3) is 1.94. The van der Waals surface area contributed by atoms with Crippen LogP contribution in [-0.2, 0) is 0 Å². The number of rotatable bonds is 1. The fourth-order valence-electron chi connectivity index (χ4n) is 2.34. The van der Waals surface area contributed by atoms with Gasteiger partial charge in [-0.15, -0.1) is 0 Å². The number of piperidine rings is 1. The second-order valence-electron chi connectivity index (χ2n) is 4.58. The molecule has 2 unspecified atom stereocenters. The van der Waals surface area contributed by atoms with Crippen molar-refractivity contribution in [2.75, 3.05) is 23.7 Å². The number of hydrogen-bond acceptors (Lipinski definition) is 7. The van der Waals surface area contributed by atoms with Gasteiger partial charge in [0.15, 0.2) is 5.65 Å². The lowest BCUT2D eigenvalue weighted by atomic mass is 9.96. The summed E-state index contributed by atoms with van der Waals surface area (Å²) in [5.41, 5.74) is 6.25. The topological polar surface area (TPSA) is 128 Å². The van der Waals surface area contributed by atoms with E-state index in [9.17, 15) is 5.11 Å². The maximum absolute atomic E-state index is 9.74. The first-order valence-electron chi connectivity index (χ1n) is 5.98. The third-order valence-corrected chi connectivity index (χ3v) is 3.35. The molecule has 0 spiro atoms. The van der Waals surface area contributed by atoms with E-state index in [1.165, 1.54) is 0 Å². The second-order valence-corrected chi connectivity index (χ2v) is 4.58. The van der Waals surface area contributed by atoms with Gasteiger partial charge in [-0.25, -0.2) is 0 Å². The van der Waals surface area contributed by atoms with Crippen LogP contribution in [0, 0.1) is 17.2 Å². The molecule has 2 aromatic rings. The highest BCUT2D eigenvalue weighted by Gasteiger charge is 2.29. The summed E-state index contributed by atoms with van der Waals surface area (Å²) in [6.45, 7) is 1.05. The molecule has 8 nitrogen and oxygen atoms in total. The first kappa shape index (κ1) is 11.7. The molecule has 0 amide bonds. The molecule has 4 N–H and O–H groups in total. The van der Waals surface area contributed by atoms with E-state index in [-0.39, 0.29) is 5.95 Å². The quantitative estimate of drug-likeness (QED) is 0.638. The first-order valence-corrected chi connectivity index (χ1v) is 5.98. The number of nitrogen functional groups attached to an aromatic ring is 1. The number of aromatic amines is 1. The number of nitrogens with one attached hydrogen (secondary N) is 1.